The fourth-order valence-electron chi connectivity index (χ4n) is 2.11. The lowest BCUT2D eigenvalue weighted by Crippen LogP contribution is -2.29. The van der Waals surface area contributed by atoms with Crippen molar-refractivity contribution in [1.29, 1.82) is 0 Å². The number of halogens is 4. The number of pyridine rings is 1. The molecule has 5 nitrogen and oxygen atoms in total. The van der Waals surface area contributed by atoms with Gasteiger partial charge in [0.25, 0.3) is 5.88 Å². The van der Waals surface area contributed by atoms with Gasteiger partial charge < -0.3 is 4.18 Å². The minimum absolute atomic E-state index is 0.0643. The van der Waals surface area contributed by atoms with Crippen molar-refractivity contribution in [3.8, 4) is 5.88 Å². The molecule has 1 saturated carbocycles. The number of ketones is 1. The molecule has 0 amide bonds. The Hall–Kier alpha value is -1.71. The Morgan fingerprint density at radius 1 is 1.18 bits per heavy atom. The molecule has 0 N–H and O–H groups in total. The van der Waals surface area contributed by atoms with E-state index in [1.807, 2.05) is 0 Å². The third kappa shape index (κ3) is 3.54. The Balaban J connectivity index is 2.26. The second kappa shape index (κ2) is 5.82. The van der Waals surface area contributed by atoms with Gasteiger partial charge in [0.1, 0.15) is 5.78 Å². The van der Waals surface area contributed by atoms with Crippen LogP contribution in [0, 0.1) is 5.82 Å². The fourth-order valence-corrected chi connectivity index (χ4v) is 2.53. The molecule has 0 radical (unpaired) electrons. The van der Waals surface area contributed by atoms with E-state index in [-0.39, 0.29) is 17.4 Å². The van der Waals surface area contributed by atoms with Crippen LogP contribution in [0.2, 0.25) is 0 Å². The Morgan fingerprint density at radius 2 is 1.77 bits per heavy atom. The van der Waals surface area contributed by atoms with Gasteiger partial charge in [0.05, 0.1) is 0 Å². The summed E-state index contributed by atoms with van der Waals surface area (Å²) in [6.07, 6.45) is 1.42. The smallest absolute Gasteiger partial charge is 0.352 e. The third-order valence-corrected chi connectivity index (χ3v) is 4.21. The van der Waals surface area contributed by atoms with Gasteiger partial charge >= 0.3 is 15.6 Å². The molecule has 22 heavy (non-hydrogen) atoms. The van der Waals surface area contributed by atoms with E-state index >= 15 is 0 Å². The fraction of sp³-hybridized carbons (Fsp3) is 0.500. The largest absolute Gasteiger partial charge is 0.534 e. The lowest BCUT2D eigenvalue weighted by Gasteiger charge is -2.20. The number of carbonyl (C=O) groups is 1. The summed E-state index contributed by atoms with van der Waals surface area (Å²) in [5.74, 6) is -2.75. The van der Waals surface area contributed by atoms with Crippen LogP contribution in [0.1, 0.15) is 37.3 Å². The average Bonchev–Trinajstić information content (AvgIpc) is 2.41. The van der Waals surface area contributed by atoms with Crippen LogP contribution in [0.15, 0.2) is 12.1 Å². The summed E-state index contributed by atoms with van der Waals surface area (Å²) in [4.78, 5) is 14.7. The zero-order valence-corrected chi connectivity index (χ0v) is 11.9. The molecule has 1 aliphatic carbocycles. The molecule has 1 fully saturated rings. The molecular formula is C12H11F4NO4S. The van der Waals surface area contributed by atoms with Gasteiger partial charge in [-0.1, -0.05) is 0 Å². The number of hydrogen-bond acceptors (Lipinski definition) is 5. The minimum Gasteiger partial charge on any atom is -0.352 e. The highest BCUT2D eigenvalue weighted by atomic mass is 32.2. The summed E-state index contributed by atoms with van der Waals surface area (Å²) in [5.41, 5.74) is -5.48. The van der Waals surface area contributed by atoms with Crippen LogP contribution in [0.3, 0.4) is 0 Å². The molecule has 0 aromatic carbocycles. The SMILES string of the molecule is O=C1CCC(c2ccc(F)c(OS(=O)(=O)C(F)(F)F)n2)CC1. The molecule has 1 aliphatic rings. The molecule has 122 valence electrons. The van der Waals surface area contributed by atoms with Gasteiger partial charge in [-0.05, 0) is 25.0 Å². The number of hydrogen-bond donors (Lipinski definition) is 0. The molecule has 2 rings (SSSR count). The predicted molar refractivity (Wildman–Crippen MR) is 66.0 cm³/mol. The number of carbonyl (C=O) groups excluding carboxylic acids is 1. The van der Waals surface area contributed by atoms with Gasteiger partial charge in [-0.2, -0.15) is 21.6 Å². The van der Waals surface area contributed by atoms with Crippen molar-refractivity contribution in [2.45, 2.75) is 37.1 Å². The van der Waals surface area contributed by atoms with Crippen LogP contribution in [0.4, 0.5) is 17.6 Å². The number of alkyl halides is 3. The van der Waals surface area contributed by atoms with Crippen molar-refractivity contribution < 1.29 is 35.0 Å². The van der Waals surface area contributed by atoms with Gasteiger partial charge in [0, 0.05) is 24.5 Å². The van der Waals surface area contributed by atoms with Crippen molar-refractivity contribution >= 4 is 15.9 Å². The number of nitrogens with zero attached hydrogens (tertiary/aromatic N) is 1. The zero-order valence-electron chi connectivity index (χ0n) is 11.1. The first-order valence-corrected chi connectivity index (χ1v) is 7.70. The standard InChI is InChI=1S/C12H11F4NO4S/c13-9-5-6-10(7-1-3-8(18)4-2-7)17-11(9)21-22(19,20)12(14,15)16/h5-7H,1-4H2. The predicted octanol–water partition coefficient (Wildman–Crippen LogP) is 2.68. The first-order chi connectivity index (χ1) is 10.1. The maximum absolute atomic E-state index is 13.4. The Morgan fingerprint density at radius 3 is 2.32 bits per heavy atom. The summed E-state index contributed by atoms with van der Waals surface area (Å²) < 4.78 is 75.7. The summed E-state index contributed by atoms with van der Waals surface area (Å²) in [5, 5.41) is 0. The molecule has 0 unspecified atom stereocenters. The quantitative estimate of drug-likeness (QED) is 0.480. The highest BCUT2D eigenvalue weighted by molar-refractivity contribution is 7.87. The van der Waals surface area contributed by atoms with E-state index in [0.29, 0.717) is 25.7 Å². The van der Waals surface area contributed by atoms with Crippen LogP contribution in [0.5, 0.6) is 5.88 Å². The molecule has 0 spiro atoms. The lowest BCUT2D eigenvalue weighted by atomic mass is 9.86. The first-order valence-electron chi connectivity index (χ1n) is 6.29. The van der Waals surface area contributed by atoms with Crippen molar-refractivity contribution in [1.82, 2.24) is 4.98 Å². The van der Waals surface area contributed by atoms with Gasteiger partial charge in [-0.25, -0.2) is 9.37 Å². The van der Waals surface area contributed by atoms with E-state index in [9.17, 15) is 30.8 Å². The topological polar surface area (TPSA) is 73.3 Å². The first kappa shape index (κ1) is 16.7. The number of aromatic nitrogens is 1. The van der Waals surface area contributed by atoms with Crippen LogP contribution in [0.25, 0.3) is 0 Å². The molecule has 1 aromatic rings. The monoisotopic (exact) mass is 341 g/mol. The van der Waals surface area contributed by atoms with E-state index in [0.717, 1.165) is 6.07 Å². The molecule has 1 aromatic heterocycles. The van der Waals surface area contributed by atoms with E-state index in [2.05, 4.69) is 9.17 Å². The molecule has 0 atom stereocenters. The summed E-state index contributed by atoms with van der Waals surface area (Å²) in [7, 11) is -5.99. The van der Waals surface area contributed by atoms with Crippen molar-refractivity contribution in [2.24, 2.45) is 0 Å². The van der Waals surface area contributed by atoms with Crippen molar-refractivity contribution in [3.63, 3.8) is 0 Å². The van der Waals surface area contributed by atoms with Gasteiger partial charge in [-0.3, -0.25) is 4.79 Å². The normalized spacial score (nSPS) is 17.5. The zero-order chi connectivity index (χ0) is 16.5. The Bertz CT molecular complexity index is 677. The maximum atomic E-state index is 13.4. The third-order valence-electron chi connectivity index (χ3n) is 3.27. The minimum atomic E-state index is -5.99. The number of Topliss-reactive ketones (excluding diaryl/α,β-unsaturated/α-hetero) is 1. The van der Waals surface area contributed by atoms with Gasteiger partial charge in [-0.15, -0.1) is 0 Å². The van der Waals surface area contributed by atoms with Gasteiger partial charge in [0.2, 0.25) is 0 Å². The summed E-state index contributed by atoms with van der Waals surface area (Å²) in [6, 6.07) is 2.03. The average molecular weight is 341 g/mol. The van der Waals surface area contributed by atoms with Crippen molar-refractivity contribution in [3.05, 3.63) is 23.6 Å². The van der Waals surface area contributed by atoms with Crippen LogP contribution < -0.4 is 4.18 Å². The summed E-state index contributed by atoms with van der Waals surface area (Å²) >= 11 is 0. The summed E-state index contributed by atoms with van der Waals surface area (Å²) in [6.45, 7) is 0. The molecule has 0 aliphatic heterocycles. The van der Waals surface area contributed by atoms with E-state index in [1.165, 1.54) is 6.07 Å². The second-order valence-corrected chi connectivity index (χ2v) is 6.36. The highest BCUT2D eigenvalue weighted by Gasteiger charge is 2.49. The van der Waals surface area contributed by atoms with E-state index in [4.69, 9.17) is 0 Å². The van der Waals surface area contributed by atoms with E-state index < -0.39 is 27.3 Å². The maximum Gasteiger partial charge on any atom is 0.534 e. The molecule has 0 saturated heterocycles. The highest BCUT2D eigenvalue weighted by Crippen LogP contribution is 2.33. The Labute approximate surface area is 123 Å². The molecular weight excluding hydrogens is 330 g/mol. The number of rotatable bonds is 3. The molecule has 10 heteroatoms. The van der Waals surface area contributed by atoms with Crippen LogP contribution in [-0.2, 0) is 14.9 Å². The van der Waals surface area contributed by atoms with Crippen LogP contribution in [-0.4, -0.2) is 24.7 Å². The lowest BCUT2D eigenvalue weighted by molar-refractivity contribution is -0.120. The van der Waals surface area contributed by atoms with Crippen molar-refractivity contribution in [2.75, 3.05) is 0 Å². The van der Waals surface area contributed by atoms with Gasteiger partial charge in [0.15, 0.2) is 5.82 Å². The Kier molecular flexibility index (Phi) is 4.41. The van der Waals surface area contributed by atoms with Crippen LogP contribution >= 0.6 is 0 Å². The second-order valence-electron chi connectivity index (χ2n) is 4.82. The van der Waals surface area contributed by atoms with E-state index in [1.54, 1.807) is 0 Å². The molecule has 0 bridgehead atoms. The molecule has 1 heterocycles.